The summed E-state index contributed by atoms with van der Waals surface area (Å²) in [6, 6.07) is 5.12. The van der Waals surface area contributed by atoms with E-state index >= 15 is 0 Å². The van der Waals surface area contributed by atoms with Gasteiger partial charge in [-0.15, -0.1) is 0 Å². The zero-order valence-electron chi connectivity index (χ0n) is 13.8. The molecule has 1 aromatic carbocycles. The van der Waals surface area contributed by atoms with Gasteiger partial charge in [0.05, 0.1) is 6.61 Å². The molecule has 5 heteroatoms. The molecule has 1 aliphatic heterocycles. The van der Waals surface area contributed by atoms with Gasteiger partial charge in [0.15, 0.2) is 0 Å². The average Bonchev–Trinajstić information content (AvgIpc) is 3.31. The summed E-state index contributed by atoms with van der Waals surface area (Å²) in [5, 5.41) is 3.41. The van der Waals surface area contributed by atoms with E-state index in [-0.39, 0.29) is 30.4 Å². The van der Waals surface area contributed by atoms with E-state index in [2.05, 4.69) is 19.2 Å². The number of hydrogen-bond donors (Lipinski definition) is 1. The number of halogens is 1. The number of ether oxygens (including phenoxy) is 1. The van der Waals surface area contributed by atoms with Crippen LogP contribution in [0.2, 0.25) is 0 Å². The second-order valence-corrected chi connectivity index (χ2v) is 6.94. The maximum atomic E-state index is 13.9. The van der Waals surface area contributed by atoms with Gasteiger partial charge in [-0.25, -0.2) is 4.39 Å². The molecule has 0 bridgehead atoms. The fourth-order valence-electron chi connectivity index (χ4n) is 3.11. The molecule has 2 fully saturated rings. The summed E-state index contributed by atoms with van der Waals surface area (Å²) >= 11 is 0. The third-order valence-electron chi connectivity index (χ3n) is 4.45. The van der Waals surface area contributed by atoms with Crippen LogP contribution in [0.25, 0.3) is 0 Å². The van der Waals surface area contributed by atoms with E-state index in [1.165, 1.54) is 18.9 Å². The van der Waals surface area contributed by atoms with Gasteiger partial charge in [0, 0.05) is 42.9 Å². The molecule has 0 spiro atoms. The summed E-state index contributed by atoms with van der Waals surface area (Å²) in [6.45, 7) is 6.40. The van der Waals surface area contributed by atoms with Gasteiger partial charge in [-0.1, -0.05) is 0 Å². The van der Waals surface area contributed by atoms with Crippen molar-refractivity contribution in [3.63, 3.8) is 0 Å². The van der Waals surface area contributed by atoms with E-state index in [9.17, 15) is 9.18 Å². The van der Waals surface area contributed by atoms with E-state index in [1.807, 2.05) is 4.90 Å². The Kier molecular flexibility index (Phi) is 4.97. The molecule has 4 nitrogen and oxygen atoms in total. The second kappa shape index (κ2) is 6.97. The Labute approximate surface area is 137 Å². The van der Waals surface area contributed by atoms with Gasteiger partial charge in [-0.05, 0) is 50.8 Å². The summed E-state index contributed by atoms with van der Waals surface area (Å²) in [5.41, 5.74) is 1.01. The van der Waals surface area contributed by atoms with Crippen LogP contribution in [0.15, 0.2) is 18.2 Å². The number of carbonyl (C=O) groups excluding carboxylic acids is 1. The quantitative estimate of drug-likeness (QED) is 0.906. The lowest BCUT2D eigenvalue weighted by Gasteiger charge is -2.36. The smallest absolute Gasteiger partial charge is 0.253 e. The van der Waals surface area contributed by atoms with Crippen molar-refractivity contribution >= 4 is 5.91 Å². The van der Waals surface area contributed by atoms with E-state index < -0.39 is 0 Å². The number of rotatable bonds is 5. The van der Waals surface area contributed by atoms with Crippen molar-refractivity contribution in [2.24, 2.45) is 5.92 Å². The predicted molar refractivity (Wildman–Crippen MR) is 86.7 cm³/mol. The van der Waals surface area contributed by atoms with Crippen molar-refractivity contribution in [1.29, 1.82) is 0 Å². The van der Waals surface area contributed by atoms with Crippen LogP contribution in [0.3, 0.4) is 0 Å². The summed E-state index contributed by atoms with van der Waals surface area (Å²) in [5.74, 6) is 0.305. The number of hydrogen-bond acceptors (Lipinski definition) is 3. The number of carbonyl (C=O) groups is 1. The second-order valence-electron chi connectivity index (χ2n) is 6.94. The minimum Gasteiger partial charge on any atom is -0.376 e. The van der Waals surface area contributed by atoms with Gasteiger partial charge in [-0.2, -0.15) is 0 Å². The van der Waals surface area contributed by atoms with Crippen LogP contribution in [0.1, 0.15) is 42.6 Å². The maximum absolute atomic E-state index is 13.9. The lowest BCUT2D eigenvalue weighted by Crippen LogP contribution is -2.55. The van der Waals surface area contributed by atoms with Crippen LogP contribution in [-0.2, 0) is 11.3 Å². The first-order chi connectivity index (χ1) is 11.0. The first kappa shape index (κ1) is 16.4. The molecule has 1 amide bonds. The predicted octanol–water partition coefficient (Wildman–Crippen LogP) is 2.57. The molecule has 1 aromatic rings. The fraction of sp³-hybridized carbons (Fsp3) is 0.611. The molecule has 2 aliphatic rings. The summed E-state index contributed by atoms with van der Waals surface area (Å²) < 4.78 is 19.5. The largest absolute Gasteiger partial charge is 0.376 e. The molecular weight excluding hydrogens is 295 g/mol. The normalized spacial score (nSPS) is 24.7. The molecule has 23 heavy (non-hydrogen) atoms. The van der Waals surface area contributed by atoms with Crippen molar-refractivity contribution in [3.05, 3.63) is 35.1 Å². The highest BCUT2D eigenvalue weighted by Gasteiger charge is 2.26. The summed E-state index contributed by atoms with van der Waals surface area (Å²) in [6.07, 6.45) is 2.42. The van der Waals surface area contributed by atoms with Gasteiger partial charge in [0.1, 0.15) is 5.82 Å². The topological polar surface area (TPSA) is 41.6 Å². The number of nitrogens with zero attached hydrogens (tertiary/aromatic N) is 1. The molecule has 1 heterocycles. The highest BCUT2D eigenvalue weighted by molar-refractivity contribution is 5.94. The molecule has 1 aliphatic carbocycles. The van der Waals surface area contributed by atoms with Gasteiger partial charge in [0.25, 0.3) is 5.91 Å². The molecule has 1 saturated carbocycles. The van der Waals surface area contributed by atoms with Crippen LogP contribution in [0, 0.1) is 11.7 Å². The van der Waals surface area contributed by atoms with Crippen molar-refractivity contribution < 1.29 is 13.9 Å². The summed E-state index contributed by atoms with van der Waals surface area (Å²) in [4.78, 5) is 14.5. The average molecular weight is 320 g/mol. The Morgan fingerprint density at radius 3 is 2.65 bits per heavy atom. The van der Waals surface area contributed by atoms with Crippen molar-refractivity contribution in [1.82, 2.24) is 10.2 Å². The van der Waals surface area contributed by atoms with E-state index in [0.29, 0.717) is 36.7 Å². The van der Waals surface area contributed by atoms with Crippen molar-refractivity contribution in [3.8, 4) is 0 Å². The Hall–Kier alpha value is -1.46. The number of amides is 1. The third kappa shape index (κ3) is 4.30. The SMILES string of the molecule is C[C@@H]1CN(C(=O)c2ccc(F)c(COCC3CC3)c2)C[C@@H](C)N1. The van der Waals surface area contributed by atoms with Crippen LogP contribution in [0.4, 0.5) is 4.39 Å². The van der Waals surface area contributed by atoms with Crippen LogP contribution in [-0.4, -0.2) is 42.6 Å². The lowest BCUT2D eigenvalue weighted by molar-refractivity contribution is 0.0673. The molecule has 0 unspecified atom stereocenters. The van der Waals surface area contributed by atoms with Gasteiger partial charge < -0.3 is 15.0 Å². The Morgan fingerprint density at radius 1 is 1.30 bits per heavy atom. The monoisotopic (exact) mass is 320 g/mol. The molecule has 3 rings (SSSR count). The van der Waals surface area contributed by atoms with Crippen LogP contribution >= 0.6 is 0 Å². The highest BCUT2D eigenvalue weighted by Crippen LogP contribution is 2.29. The fourth-order valence-corrected chi connectivity index (χ4v) is 3.11. The molecule has 0 radical (unpaired) electrons. The molecule has 1 saturated heterocycles. The maximum Gasteiger partial charge on any atom is 0.253 e. The highest BCUT2D eigenvalue weighted by atomic mass is 19.1. The Morgan fingerprint density at radius 2 is 2.00 bits per heavy atom. The van der Waals surface area contributed by atoms with Crippen molar-refractivity contribution in [2.75, 3.05) is 19.7 Å². The third-order valence-corrected chi connectivity index (χ3v) is 4.45. The first-order valence-electron chi connectivity index (χ1n) is 8.44. The lowest BCUT2D eigenvalue weighted by atomic mass is 10.1. The molecular formula is C18H25FN2O2. The van der Waals surface area contributed by atoms with Gasteiger partial charge in [-0.3, -0.25) is 4.79 Å². The van der Waals surface area contributed by atoms with E-state index in [0.717, 1.165) is 0 Å². The van der Waals surface area contributed by atoms with Crippen LogP contribution < -0.4 is 5.32 Å². The van der Waals surface area contributed by atoms with E-state index in [1.54, 1.807) is 12.1 Å². The van der Waals surface area contributed by atoms with Gasteiger partial charge >= 0.3 is 0 Å². The molecule has 0 aromatic heterocycles. The molecule has 1 N–H and O–H groups in total. The van der Waals surface area contributed by atoms with E-state index in [4.69, 9.17) is 4.74 Å². The number of benzene rings is 1. The Balaban J connectivity index is 1.67. The van der Waals surface area contributed by atoms with Crippen LogP contribution in [0.5, 0.6) is 0 Å². The zero-order valence-corrected chi connectivity index (χ0v) is 13.8. The van der Waals surface area contributed by atoms with Crippen molar-refractivity contribution in [2.45, 2.75) is 45.4 Å². The summed E-state index contributed by atoms with van der Waals surface area (Å²) in [7, 11) is 0. The minimum absolute atomic E-state index is 0.0337. The molecule has 126 valence electrons. The Bertz CT molecular complexity index is 564. The molecule has 2 atom stereocenters. The zero-order chi connectivity index (χ0) is 16.4. The van der Waals surface area contributed by atoms with Gasteiger partial charge in [0.2, 0.25) is 0 Å². The number of nitrogens with one attached hydrogen (secondary N) is 1. The minimum atomic E-state index is -0.306. The first-order valence-corrected chi connectivity index (χ1v) is 8.44. The standard InChI is InChI=1S/C18H25FN2O2/c1-12-8-21(9-13(2)20-12)18(22)15-5-6-17(19)16(7-15)11-23-10-14-3-4-14/h5-7,12-14,20H,3-4,8-11H2,1-2H3/t12-,13-/m1/s1. The number of piperazine rings is 1.